The average molecular weight is 611 g/mol. The van der Waals surface area contributed by atoms with E-state index < -0.39 is 5.41 Å². The van der Waals surface area contributed by atoms with Gasteiger partial charge in [0.05, 0.1) is 11.5 Å². The Labute approximate surface area is 273 Å². The molecule has 1 unspecified atom stereocenters. The van der Waals surface area contributed by atoms with Gasteiger partial charge in [0.25, 0.3) is 0 Å². The van der Waals surface area contributed by atoms with E-state index >= 15 is 0 Å². The predicted molar refractivity (Wildman–Crippen MR) is 191 cm³/mol. The number of Topliss-reactive ketones (excluding diaryl/α,β-unsaturated/α-hetero) is 1. The molecule has 0 aliphatic carbocycles. The number of aryl methyl sites for hydroxylation is 1. The third kappa shape index (κ3) is 11.7. The lowest BCUT2D eigenvalue weighted by Crippen LogP contribution is -2.59. The molecule has 2 saturated heterocycles. The number of carbonyl (C=O) groups excluding carboxylic acids is 1. The predicted octanol–water partition coefficient (Wildman–Crippen LogP) is 9.66. The Morgan fingerprint density at radius 1 is 0.909 bits per heavy atom. The monoisotopic (exact) mass is 611 g/mol. The molecule has 3 rings (SSSR count). The number of ether oxygens (including phenoxy) is 1. The Hall–Kier alpha value is -1.49. The second-order valence-corrected chi connectivity index (χ2v) is 18.1. The Kier molecular flexibility index (Phi) is 12.8. The van der Waals surface area contributed by atoms with Gasteiger partial charge in [-0.15, -0.1) is 6.58 Å². The SMILES string of the molecule is C=CC(CCCC)(Cc1cc(C)cc(C(C)(C)C)c1)C(=O)CC1CC(C)(C)NC(C)(C)C1.COC1CC(C)(C)NC(C)(C)C1. The van der Waals surface area contributed by atoms with Gasteiger partial charge in [0, 0.05) is 35.7 Å². The number of benzene rings is 1. The molecule has 0 amide bonds. The van der Waals surface area contributed by atoms with E-state index in [9.17, 15) is 4.79 Å². The molecule has 0 radical (unpaired) electrons. The maximum Gasteiger partial charge on any atom is 0.143 e. The second-order valence-electron chi connectivity index (χ2n) is 18.1. The highest BCUT2D eigenvalue weighted by Crippen LogP contribution is 2.40. The first-order valence-corrected chi connectivity index (χ1v) is 17.4. The molecule has 1 aromatic carbocycles. The molecule has 1 atom stereocenters. The van der Waals surface area contributed by atoms with Gasteiger partial charge in [0.15, 0.2) is 0 Å². The maximum absolute atomic E-state index is 14.0. The maximum atomic E-state index is 14.0. The normalized spacial score (nSPS) is 22.8. The highest BCUT2D eigenvalue weighted by Gasteiger charge is 2.42. The van der Waals surface area contributed by atoms with Crippen LogP contribution in [0.5, 0.6) is 0 Å². The number of unbranched alkanes of at least 4 members (excludes halogenated alkanes) is 1. The molecule has 2 aliphatic heterocycles. The summed E-state index contributed by atoms with van der Waals surface area (Å²) in [7, 11) is 1.81. The molecule has 0 spiro atoms. The third-order valence-corrected chi connectivity index (χ3v) is 9.68. The highest BCUT2D eigenvalue weighted by molar-refractivity contribution is 5.87. The van der Waals surface area contributed by atoms with Crippen LogP contribution in [-0.4, -0.2) is 41.2 Å². The van der Waals surface area contributed by atoms with Crippen LogP contribution in [0, 0.1) is 18.3 Å². The van der Waals surface area contributed by atoms with Gasteiger partial charge in [0.1, 0.15) is 5.78 Å². The van der Waals surface area contributed by atoms with E-state index in [1.165, 1.54) is 16.7 Å². The van der Waals surface area contributed by atoms with Gasteiger partial charge in [0.2, 0.25) is 0 Å². The standard InChI is InChI=1S/C30H49NO.C10H21NO/c1-11-13-14-30(12-2,21-23-15-22(3)16-25(17-23)27(4,5)6)26(32)18-24-19-28(7,8)31-29(9,10)20-24;1-9(2)6-8(12-5)7-10(3,4)11-9/h12,15-17,24,31H,2,11,13-14,18-21H2,1,3-10H3;8,11H,6-7H2,1-5H3. The van der Waals surface area contributed by atoms with Crippen LogP contribution >= 0.6 is 0 Å². The zero-order chi connectivity index (χ0) is 33.8. The minimum absolute atomic E-state index is 0.0606. The number of piperidine rings is 2. The third-order valence-electron chi connectivity index (χ3n) is 9.68. The lowest BCUT2D eigenvalue weighted by atomic mass is 9.68. The summed E-state index contributed by atoms with van der Waals surface area (Å²) in [6.45, 7) is 33.4. The summed E-state index contributed by atoms with van der Waals surface area (Å²) in [5.41, 5.74) is 4.05. The van der Waals surface area contributed by atoms with E-state index in [0.717, 1.165) is 51.4 Å². The van der Waals surface area contributed by atoms with Crippen molar-refractivity contribution in [1.29, 1.82) is 0 Å². The topological polar surface area (TPSA) is 50.4 Å². The van der Waals surface area contributed by atoms with Crippen LogP contribution < -0.4 is 10.6 Å². The molecule has 252 valence electrons. The molecule has 44 heavy (non-hydrogen) atoms. The molecule has 1 aromatic rings. The summed E-state index contributed by atoms with van der Waals surface area (Å²) in [5, 5.41) is 7.37. The van der Waals surface area contributed by atoms with E-state index in [1.54, 1.807) is 0 Å². The van der Waals surface area contributed by atoms with Gasteiger partial charge < -0.3 is 15.4 Å². The number of methoxy groups -OCH3 is 1. The molecule has 0 saturated carbocycles. The minimum atomic E-state index is -0.474. The van der Waals surface area contributed by atoms with Gasteiger partial charge in [-0.2, -0.15) is 0 Å². The Morgan fingerprint density at radius 2 is 1.41 bits per heavy atom. The van der Waals surface area contributed by atoms with E-state index in [0.29, 0.717) is 24.2 Å². The zero-order valence-electron chi connectivity index (χ0n) is 31.4. The first kappa shape index (κ1) is 38.7. The van der Waals surface area contributed by atoms with Gasteiger partial charge in [-0.05, 0) is 123 Å². The molecule has 2 fully saturated rings. The smallest absolute Gasteiger partial charge is 0.143 e. The molecule has 0 aromatic heterocycles. The Bertz CT molecular complexity index is 1070. The van der Waals surface area contributed by atoms with Crippen molar-refractivity contribution in [2.24, 2.45) is 11.3 Å². The number of ketones is 1. The molecular weight excluding hydrogens is 540 g/mol. The fourth-order valence-corrected chi connectivity index (χ4v) is 8.41. The van der Waals surface area contributed by atoms with Crippen LogP contribution in [0.4, 0.5) is 0 Å². The van der Waals surface area contributed by atoms with Gasteiger partial charge in [-0.25, -0.2) is 0 Å². The summed E-state index contributed by atoms with van der Waals surface area (Å²) in [6.07, 6.45) is 11.2. The number of nitrogens with one attached hydrogen (secondary N) is 2. The fraction of sp³-hybridized carbons (Fsp3) is 0.775. The van der Waals surface area contributed by atoms with Crippen molar-refractivity contribution < 1.29 is 9.53 Å². The molecular formula is C40H70N2O2. The first-order chi connectivity index (χ1) is 20.0. The lowest BCUT2D eigenvalue weighted by molar-refractivity contribution is -0.128. The number of carbonyl (C=O) groups is 1. The number of rotatable bonds is 10. The number of hydrogen-bond donors (Lipinski definition) is 2. The van der Waals surface area contributed by atoms with Crippen LogP contribution in [0.2, 0.25) is 0 Å². The van der Waals surface area contributed by atoms with E-state index in [2.05, 4.69) is 125 Å². The fourth-order valence-electron chi connectivity index (χ4n) is 8.41. The van der Waals surface area contributed by atoms with Crippen LogP contribution in [0.15, 0.2) is 30.9 Å². The van der Waals surface area contributed by atoms with Crippen molar-refractivity contribution in [2.75, 3.05) is 7.11 Å². The van der Waals surface area contributed by atoms with Crippen LogP contribution in [0.25, 0.3) is 0 Å². The van der Waals surface area contributed by atoms with Crippen LogP contribution in [-0.2, 0) is 21.4 Å². The van der Waals surface area contributed by atoms with Gasteiger partial charge in [-0.3, -0.25) is 4.79 Å². The molecule has 0 bridgehead atoms. The average Bonchev–Trinajstić information content (AvgIpc) is 2.82. The van der Waals surface area contributed by atoms with Crippen molar-refractivity contribution in [3.05, 3.63) is 47.5 Å². The largest absolute Gasteiger partial charge is 0.381 e. The number of hydrogen-bond acceptors (Lipinski definition) is 4. The summed E-state index contributed by atoms with van der Waals surface area (Å²) < 4.78 is 5.42. The van der Waals surface area contributed by atoms with Crippen molar-refractivity contribution in [3.63, 3.8) is 0 Å². The van der Waals surface area contributed by atoms with Gasteiger partial charge >= 0.3 is 0 Å². The van der Waals surface area contributed by atoms with Crippen LogP contribution in [0.3, 0.4) is 0 Å². The summed E-state index contributed by atoms with van der Waals surface area (Å²) in [4.78, 5) is 14.0. The van der Waals surface area contributed by atoms with Crippen molar-refractivity contribution in [1.82, 2.24) is 10.6 Å². The lowest BCUT2D eigenvalue weighted by Gasteiger charge is -2.47. The van der Waals surface area contributed by atoms with Crippen molar-refractivity contribution in [2.45, 2.75) is 181 Å². The zero-order valence-corrected chi connectivity index (χ0v) is 31.4. The molecule has 2 heterocycles. The summed E-state index contributed by atoms with van der Waals surface area (Å²) in [5.74, 6) is 0.801. The van der Waals surface area contributed by atoms with E-state index in [-0.39, 0.29) is 27.6 Å². The second kappa shape index (κ2) is 14.5. The van der Waals surface area contributed by atoms with E-state index in [4.69, 9.17) is 4.74 Å². The van der Waals surface area contributed by atoms with Crippen molar-refractivity contribution >= 4 is 5.78 Å². The first-order valence-electron chi connectivity index (χ1n) is 17.4. The summed E-state index contributed by atoms with van der Waals surface area (Å²) >= 11 is 0. The van der Waals surface area contributed by atoms with Crippen LogP contribution in [0.1, 0.15) is 151 Å². The highest BCUT2D eigenvalue weighted by atomic mass is 16.5. The Morgan fingerprint density at radius 3 is 1.84 bits per heavy atom. The van der Waals surface area contributed by atoms with Crippen molar-refractivity contribution in [3.8, 4) is 0 Å². The molecule has 4 nitrogen and oxygen atoms in total. The van der Waals surface area contributed by atoms with Gasteiger partial charge in [-0.1, -0.05) is 70.4 Å². The molecule has 2 N–H and O–H groups in total. The van der Waals surface area contributed by atoms with E-state index in [1.807, 2.05) is 13.2 Å². The molecule has 4 heteroatoms. The summed E-state index contributed by atoms with van der Waals surface area (Å²) in [6, 6.07) is 6.87. The molecule has 2 aliphatic rings. The quantitative estimate of drug-likeness (QED) is 0.259. The number of allylic oxidation sites excluding steroid dienone is 1. The minimum Gasteiger partial charge on any atom is -0.381 e. The Balaban J connectivity index is 0.000000469.